The summed E-state index contributed by atoms with van der Waals surface area (Å²) < 4.78 is 5.18. The molecule has 1 saturated carbocycles. The first-order chi connectivity index (χ1) is 8.17. The predicted octanol–water partition coefficient (Wildman–Crippen LogP) is 1.31. The topological polar surface area (TPSA) is 50.4 Å². The molecule has 4 heteroatoms. The van der Waals surface area contributed by atoms with E-state index >= 15 is 0 Å². The number of amides is 1. The quantitative estimate of drug-likeness (QED) is 0.641. The van der Waals surface area contributed by atoms with Crippen LogP contribution in [-0.4, -0.2) is 38.3 Å². The number of hydrogen-bond acceptors (Lipinski definition) is 3. The van der Waals surface area contributed by atoms with E-state index in [2.05, 4.69) is 17.6 Å². The van der Waals surface area contributed by atoms with Crippen LogP contribution >= 0.6 is 0 Å². The van der Waals surface area contributed by atoms with Gasteiger partial charge < -0.3 is 15.4 Å². The average molecular weight is 242 g/mol. The van der Waals surface area contributed by atoms with Crippen LogP contribution in [0.5, 0.6) is 0 Å². The SMILES string of the molecule is CCC(C)NC(=O)CCNC(COC)C1CC1. The number of carbonyl (C=O) groups excluding carboxylic acids is 1. The minimum Gasteiger partial charge on any atom is -0.383 e. The van der Waals surface area contributed by atoms with Gasteiger partial charge in [0.2, 0.25) is 5.91 Å². The van der Waals surface area contributed by atoms with Crippen molar-refractivity contribution < 1.29 is 9.53 Å². The molecule has 0 aromatic heterocycles. The first kappa shape index (κ1) is 14.5. The van der Waals surface area contributed by atoms with Gasteiger partial charge in [-0.2, -0.15) is 0 Å². The van der Waals surface area contributed by atoms with Crippen LogP contribution in [0.15, 0.2) is 0 Å². The lowest BCUT2D eigenvalue weighted by molar-refractivity contribution is -0.121. The third-order valence-corrected chi connectivity index (χ3v) is 3.32. The monoisotopic (exact) mass is 242 g/mol. The summed E-state index contributed by atoms with van der Waals surface area (Å²) in [7, 11) is 1.73. The van der Waals surface area contributed by atoms with Gasteiger partial charge in [0.1, 0.15) is 0 Å². The molecule has 2 unspecified atom stereocenters. The lowest BCUT2D eigenvalue weighted by atomic mass is 10.2. The standard InChI is InChI=1S/C13H26N2O2/c1-4-10(2)15-13(16)7-8-14-12(9-17-3)11-5-6-11/h10-12,14H,4-9H2,1-3H3,(H,15,16). The van der Waals surface area contributed by atoms with Gasteiger partial charge in [-0.1, -0.05) is 6.92 Å². The molecule has 1 fully saturated rings. The zero-order valence-corrected chi connectivity index (χ0v) is 11.3. The van der Waals surface area contributed by atoms with Crippen molar-refractivity contribution in [3.05, 3.63) is 0 Å². The van der Waals surface area contributed by atoms with E-state index in [1.54, 1.807) is 7.11 Å². The van der Waals surface area contributed by atoms with Crippen LogP contribution in [0.1, 0.15) is 39.5 Å². The van der Waals surface area contributed by atoms with Gasteiger partial charge in [-0.3, -0.25) is 4.79 Å². The van der Waals surface area contributed by atoms with Crippen LogP contribution < -0.4 is 10.6 Å². The van der Waals surface area contributed by atoms with E-state index in [0.29, 0.717) is 12.5 Å². The first-order valence-electron chi connectivity index (χ1n) is 6.69. The van der Waals surface area contributed by atoms with Crippen LogP contribution in [0.2, 0.25) is 0 Å². The molecular formula is C13H26N2O2. The van der Waals surface area contributed by atoms with Crippen molar-refractivity contribution in [1.82, 2.24) is 10.6 Å². The summed E-state index contributed by atoms with van der Waals surface area (Å²) in [6.07, 6.45) is 4.12. The molecule has 4 nitrogen and oxygen atoms in total. The predicted molar refractivity (Wildman–Crippen MR) is 68.9 cm³/mol. The minimum atomic E-state index is 0.138. The summed E-state index contributed by atoms with van der Waals surface area (Å²) in [5.74, 6) is 0.895. The van der Waals surface area contributed by atoms with Crippen molar-refractivity contribution in [3.8, 4) is 0 Å². The Kier molecular flexibility index (Phi) is 6.52. The molecule has 0 aromatic rings. The molecule has 100 valence electrons. The Morgan fingerprint density at radius 1 is 1.47 bits per heavy atom. The van der Waals surface area contributed by atoms with Gasteiger partial charge in [0.05, 0.1) is 6.61 Å². The fourth-order valence-corrected chi connectivity index (χ4v) is 1.86. The van der Waals surface area contributed by atoms with Gasteiger partial charge in [0.15, 0.2) is 0 Å². The maximum Gasteiger partial charge on any atom is 0.221 e. The second kappa shape index (κ2) is 7.67. The van der Waals surface area contributed by atoms with Crippen molar-refractivity contribution >= 4 is 5.91 Å². The number of hydrogen-bond donors (Lipinski definition) is 2. The maximum atomic E-state index is 11.6. The van der Waals surface area contributed by atoms with Crippen LogP contribution in [-0.2, 0) is 9.53 Å². The molecule has 0 radical (unpaired) electrons. The molecule has 17 heavy (non-hydrogen) atoms. The highest BCUT2D eigenvalue weighted by Gasteiger charge is 2.30. The molecule has 1 amide bonds. The molecule has 1 aliphatic carbocycles. The highest BCUT2D eigenvalue weighted by Crippen LogP contribution is 2.32. The Labute approximate surface area is 104 Å². The highest BCUT2D eigenvalue weighted by molar-refractivity contribution is 5.76. The molecular weight excluding hydrogens is 216 g/mol. The molecule has 0 saturated heterocycles. The second-order valence-electron chi connectivity index (χ2n) is 4.98. The number of methoxy groups -OCH3 is 1. The highest BCUT2D eigenvalue weighted by atomic mass is 16.5. The zero-order valence-electron chi connectivity index (χ0n) is 11.3. The molecule has 1 aliphatic rings. The molecule has 0 spiro atoms. The van der Waals surface area contributed by atoms with E-state index in [1.165, 1.54) is 12.8 Å². The Morgan fingerprint density at radius 2 is 2.18 bits per heavy atom. The smallest absolute Gasteiger partial charge is 0.221 e. The van der Waals surface area contributed by atoms with Crippen LogP contribution in [0.4, 0.5) is 0 Å². The van der Waals surface area contributed by atoms with Crippen molar-refractivity contribution in [1.29, 1.82) is 0 Å². The normalized spacial score (nSPS) is 18.8. The third-order valence-electron chi connectivity index (χ3n) is 3.32. The second-order valence-corrected chi connectivity index (χ2v) is 4.98. The summed E-state index contributed by atoms with van der Waals surface area (Å²) in [5.41, 5.74) is 0. The molecule has 2 N–H and O–H groups in total. The molecule has 0 bridgehead atoms. The van der Waals surface area contributed by atoms with E-state index < -0.39 is 0 Å². The summed E-state index contributed by atoms with van der Waals surface area (Å²) in [5, 5.41) is 6.39. The minimum absolute atomic E-state index is 0.138. The van der Waals surface area contributed by atoms with Crippen LogP contribution in [0, 0.1) is 5.92 Å². The number of nitrogens with one attached hydrogen (secondary N) is 2. The number of ether oxygens (including phenoxy) is 1. The van der Waals surface area contributed by atoms with E-state index in [0.717, 1.165) is 25.5 Å². The largest absolute Gasteiger partial charge is 0.383 e. The Morgan fingerprint density at radius 3 is 2.71 bits per heavy atom. The van der Waals surface area contributed by atoms with Crippen LogP contribution in [0.3, 0.4) is 0 Å². The fourth-order valence-electron chi connectivity index (χ4n) is 1.86. The average Bonchev–Trinajstić information content (AvgIpc) is 3.11. The van der Waals surface area contributed by atoms with Gasteiger partial charge in [0.25, 0.3) is 0 Å². The Hall–Kier alpha value is -0.610. The van der Waals surface area contributed by atoms with Crippen molar-refractivity contribution in [2.45, 2.75) is 51.6 Å². The van der Waals surface area contributed by atoms with E-state index in [9.17, 15) is 4.79 Å². The lowest BCUT2D eigenvalue weighted by Gasteiger charge is -2.17. The van der Waals surface area contributed by atoms with Gasteiger partial charge in [-0.05, 0) is 32.1 Å². The van der Waals surface area contributed by atoms with Gasteiger partial charge in [-0.25, -0.2) is 0 Å². The Balaban J connectivity index is 2.10. The molecule has 2 atom stereocenters. The van der Waals surface area contributed by atoms with E-state index in [1.807, 2.05) is 6.92 Å². The molecule has 0 aromatic carbocycles. The van der Waals surface area contributed by atoms with Crippen LogP contribution in [0.25, 0.3) is 0 Å². The number of rotatable bonds is 9. The maximum absolute atomic E-state index is 11.6. The lowest BCUT2D eigenvalue weighted by Crippen LogP contribution is -2.39. The molecule has 0 heterocycles. The summed E-state index contributed by atoms with van der Waals surface area (Å²) in [6, 6.07) is 0.706. The molecule has 0 aliphatic heterocycles. The summed E-state index contributed by atoms with van der Waals surface area (Å²) in [4.78, 5) is 11.6. The first-order valence-corrected chi connectivity index (χ1v) is 6.69. The van der Waals surface area contributed by atoms with Gasteiger partial charge in [-0.15, -0.1) is 0 Å². The van der Waals surface area contributed by atoms with Gasteiger partial charge in [0, 0.05) is 32.2 Å². The van der Waals surface area contributed by atoms with Crippen molar-refractivity contribution in [2.24, 2.45) is 5.92 Å². The van der Waals surface area contributed by atoms with Gasteiger partial charge >= 0.3 is 0 Å². The van der Waals surface area contributed by atoms with E-state index in [4.69, 9.17) is 4.74 Å². The summed E-state index contributed by atoms with van der Waals surface area (Å²) >= 11 is 0. The Bertz CT molecular complexity index is 229. The third kappa shape index (κ3) is 6.03. The summed E-state index contributed by atoms with van der Waals surface area (Å²) in [6.45, 7) is 5.60. The van der Waals surface area contributed by atoms with Crippen molar-refractivity contribution in [2.75, 3.05) is 20.3 Å². The van der Waals surface area contributed by atoms with E-state index in [-0.39, 0.29) is 11.9 Å². The fraction of sp³-hybridized carbons (Fsp3) is 0.923. The molecule has 1 rings (SSSR count). The van der Waals surface area contributed by atoms with Crippen molar-refractivity contribution in [3.63, 3.8) is 0 Å². The zero-order chi connectivity index (χ0) is 12.7. The number of carbonyl (C=O) groups is 1.